The van der Waals surface area contributed by atoms with Crippen molar-refractivity contribution in [3.63, 3.8) is 0 Å². The zero-order valence-electron chi connectivity index (χ0n) is 7.70. The molecule has 3 heteroatoms. The minimum atomic E-state index is -0.851. The van der Waals surface area contributed by atoms with Crippen molar-refractivity contribution in [1.82, 2.24) is 0 Å². The molecule has 0 amide bonds. The first-order valence-electron chi connectivity index (χ1n) is 4.12. The Morgan fingerprint density at radius 3 is 2.77 bits per heavy atom. The Hall–Kier alpha value is -0.960. The second-order valence-corrected chi connectivity index (χ2v) is 3.97. The summed E-state index contributed by atoms with van der Waals surface area (Å²) < 4.78 is 0. The number of thioether (sulfide) groups is 1. The van der Waals surface area contributed by atoms with Gasteiger partial charge in [0.2, 0.25) is 0 Å². The highest BCUT2D eigenvalue weighted by Crippen LogP contribution is 2.24. The minimum Gasteiger partial charge on any atom is -0.478 e. The molecule has 0 atom stereocenters. The van der Waals surface area contributed by atoms with Crippen molar-refractivity contribution in [2.45, 2.75) is 18.7 Å². The molecule has 0 fully saturated rings. The molecular weight excluding hydrogens is 184 g/mol. The molecule has 0 bridgehead atoms. The van der Waals surface area contributed by atoms with Crippen molar-refractivity contribution in [3.05, 3.63) is 29.3 Å². The summed E-state index contributed by atoms with van der Waals surface area (Å²) in [6, 6.07) is 5.38. The second kappa shape index (κ2) is 4.33. The lowest BCUT2D eigenvalue weighted by Crippen LogP contribution is -2.00. The first kappa shape index (κ1) is 10.1. The van der Waals surface area contributed by atoms with Crippen molar-refractivity contribution in [2.24, 2.45) is 0 Å². The molecule has 13 heavy (non-hydrogen) atoms. The molecule has 0 aromatic heterocycles. The molecule has 0 aliphatic rings. The third-order valence-corrected chi connectivity index (χ3v) is 2.86. The average Bonchev–Trinajstić information content (AvgIpc) is 2.08. The Labute approximate surface area is 82.0 Å². The van der Waals surface area contributed by atoms with Crippen molar-refractivity contribution >= 4 is 17.7 Å². The first-order valence-corrected chi connectivity index (χ1v) is 5.11. The second-order valence-electron chi connectivity index (χ2n) is 2.67. The van der Waals surface area contributed by atoms with E-state index in [1.807, 2.05) is 13.0 Å². The first-order chi connectivity index (χ1) is 6.16. The Morgan fingerprint density at radius 1 is 1.54 bits per heavy atom. The lowest BCUT2D eigenvalue weighted by Gasteiger charge is -2.06. The highest BCUT2D eigenvalue weighted by atomic mass is 32.2. The Balaban J connectivity index is 3.10. The summed E-state index contributed by atoms with van der Waals surface area (Å²) in [5.74, 6) is 0.111. The van der Waals surface area contributed by atoms with E-state index >= 15 is 0 Å². The predicted octanol–water partition coefficient (Wildman–Crippen LogP) is 2.81. The van der Waals surface area contributed by atoms with Gasteiger partial charge in [0.05, 0.1) is 5.56 Å². The lowest BCUT2D eigenvalue weighted by atomic mass is 10.1. The van der Waals surface area contributed by atoms with E-state index in [-0.39, 0.29) is 0 Å². The average molecular weight is 196 g/mol. The van der Waals surface area contributed by atoms with E-state index < -0.39 is 5.97 Å². The van der Waals surface area contributed by atoms with Gasteiger partial charge in [-0.2, -0.15) is 0 Å². The fraction of sp³-hybridized carbons (Fsp3) is 0.300. The van der Waals surface area contributed by atoms with Crippen LogP contribution in [0.5, 0.6) is 0 Å². The highest BCUT2D eigenvalue weighted by Gasteiger charge is 2.09. The number of hydrogen-bond donors (Lipinski definition) is 1. The van der Waals surface area contributed by atoms with Crippen LogP contribution in [-0.4, -0.2) is 16.8 Å². The lowest BCUT2D eigenvalue weighted by molar-refractivity contribution is 0.0696. The summed E-state index contributed by atoms with van der Waals surface area (Å²) in [6.45, 7) is 3.90. The summed E-state index contributed by atoms with van der Waals surface area (Å²) in [6.07, 6.45) is 0. The Bertz CT molecular complexity index is 321. The van der Waals surface area contributed by atoms with Crippen LogP contribution < -0.4 is 0 Å². The molecule has 0 saturated heterocycles. The van der Waals surface area contributed by atoms with Crippen molar-refractivity contribution in [2.75, 3.05) is 5.75 Å². The maximum atomic E-state index is 10.8. The summed E-state index contributed by atoms with van der Waals surface area (Å²) in [5, 5.41) is 8.85. The van der Waals surface area contributed by atoms with Crippen molar-refractivity contribution < 1.29 is 9.90 Å². The van der Waals surface area contributed by atoms with Gasteiger partial charge in [0, 0.05) is 4.90 Å². The topological polar surface area (TPSA) is 37.3 Å². The number of carbonyl (C=O) groups is 1. The maximum absolute atomic E-state index is 10.8. The SMILES string of the molecule is CCSc1cccc(C(=O)O)c1C. The molecule has 0 unspecified atom stereocenters. The summed E-state index contributed by atoms with van der Waals surface area (Å²) in [7, 11) is 0. The monoisotopic (exact) mass is 196 g/mol. The van der Waals surface area contributed by atoms with Gasteiger partial charge in [0.15, 0.2) is 0 Å². The van der Waals surface area contributed by atoms with Crippen LogP contribution in [0.4, 0.5) is 0 Å². The molecule has 2 nitrogen and oxygen atoms in total. The van der Waals surface area contributed by atoms with Crippen molar-refractivity contribution in [1.29, 1.82) is 0 Å². The maximum Gasteiger partial charge on any atom is 0.335 e. The quantitative estimate of drug-likeness (QED) is 0.755. The van der Waals surface area contributed by atoms with Crippen LogP contribution >= 0.6 is 11.8 Å². The van der Waals surface area contributed by atoms with Gasteiger partial charge >= 0.3 is 5.97 Å². The van der Waals surface area contributed by atoms with Gasteiger partial charge in [-0.15, -0.1) is 11.8 Å². The van der Waals surface area contributed by atoms with E-state index in [1.54, 1.807) is 23.9 Å². The van der Waals surface area contributed by atoms with E-state index in [4.69, 9.17) is 5.11 Å². The van der Waals surface area contributed by atoms with E-state index in [1.165, 1.54) is 0 Å². The largest absolute Gasteiger partial charge is 0.478 e. The van der Waals surface area contributed by atoms with Crippen LogP contribution in [0.3, 0.4) is 0 Å². The van der Waals surface area contributed by atoms with Gasteiger partial charge in [-0.05, 0) is 30.4 Å². The molecular formula is C10H12O2S. The number of carboxylic acids is 1. The Kier molecular flexibility index (Phi) is 3.37. The molecule has 0 heterocycles. The Morgan fingerprint density at radius 2 is 2.23 bits per heavy atom. The van der Waals surface area contributed by atoms with E-state index in [9.17, 15) is 4.79 Å². The summed E-state index contributed by atoms with van der Waals surface area (Å²) in [5.41, 5.74) is 1.26. The molecule has 1 aromatic rings. The molecule has 0 radical (unpaired) electrons. The fourth-order valence-corrected chi connectivity index (χ4v) is 1.97. The third-order valence-electron chi connectivity index (χ3n) is 1.81. The van der Waals surface area contributed by atoms with Crippen LogP contribution in [0.2, 0.25) is 0 Å². The van der Waals surface area contributed by atoms with Gasteiger partial charge in [0.25, 0.3) is 0 Å². The number of benzene rings is 1. The third kappa shape index (κ3) is 2.25. The highest BCUT2D eigenvalue weighted by molar-refractivity contribution is 7.99. The molecule has 70 valence electrons. The van der Waals surface area contributed by atoms with Gasteiger partial charge in [0.1, 0.15) is 0 Å². The number of rotatable bonds is 3. The molecule has 1 rings (SSSR count). The van der Waals surface area contributed by atoms with Gasteiger partial charge < -0.3 is 5.11 Å². The zero-order chi connectivity index (χ0) is 9.84. The van der Waals surface area contributed by atoms with Gasteiger partial charge in [-0.25, -0.2) is 4.79 Å². The van der Waals surface area contributed by atoms with E-state index in [0.717, 1.165) is 16.2 Å². The van der Waals surface area contributed by atoms with E-state index in [2.05, 4.69) is 6.92 Å². The molecule has 1 N–H and O–H groups in total. The molecule has 0 aliphatic carbocycles. The fourth-order valence-electron chi connectivity index (χ4n) is 1.16. The van der Waals surface area contributed by atoms with Crippen LogP contribution in [0.15, 0.2) is 23.1 Å². The van der Waals surface area contributed by atoms with Crippen LogP contribution in [0, 0.1) is 6.92 Å². The summed E-state index contributed by atoms with van der Waals surface area (Å²) in [4.78, 5) is 11.8. The smallest absolute Gasteiger partial charge is 0.335 e. The zero-order valence-corrected chi connectivity index (χ0v) is 8.52. The number of carboxylic acid groups (broad SMARTS) is 1. The van der Waals surface area contributed by atoms with Crippen molar-refractivity contribution in [3.8, 4) is 0 Å². The summed E-state index contributed by atoms with van der Waals surface area (Å²) >= 11 is 1.67. The van der Waals surface area contributed by atoms with Crippen LogP contribution in [0.1, 0.15) is 22.8 Å². The van der Waals surface area contributed by atoms with Crippen LogP contribution in [-0.2, 0) is 0 Å². The van der Waals surface area contributed by atoms with E-state index in [0.29, 0.717) is 5.56 Å². The number of aromatic carboxylic acids is 1. The minimum absolute atomic E-state index is 0.401. The predicted molar refractivity (Wildman–Crippen MR) is 54.5 cm³/mol. The normalized spacial score (nSPS) is 10.0. The van der Waals surface area contributed by atoms with Crippen LogP contribution in [0.25, 0.3) is 0 Å². The molecule has 0 spiro atoms. The standard InChI is InChI=1S/C10H12O2S/c1-3-13-9-6-4-5-8(7(9)2)10(11)12/h4-6H,3H2,1-2H3,(H,11,12). The molecule has 0 saturated carbocycles. The molecule has 1 aromatic carbocycles. The van der Waals surface area contributed by atoms with Gasteiger partial charge in [-0.1, -0.05) is 13.0 Å². The van der Waals surface area contributed by atoms with Gasteiger partial charge in [-0.3, -0.25) is 0 Å². The number of hydrogen-bond acceptors (Lipinski definition) is 2. The molecule has 0 aliphatic heterocycles.